The largest absolute Gasteiger partial charge is 0.382 e. The van der Waals surface area contributed by atoms with E-state index in [1.807, 2.05) is 13.1 Å². The summed E-state index contributed by atoms with van der Waals surface area (Å²) in [6, 6.07) is 10.4. The summed E-state index contributed by atoms with van der Waals surface area (Å²) in [6.45, 7) is 7.74. The van der Waals surface area contributed by atoms with E-state index in [1.165, 1.54) is 5.56 Å². The van der Waals surface area contributed by atoms with Crippen molar-refractivity contribution in [2.45, 2.75) is 0 Å². The van der Waals surface area contributed by atoms with Crippen LogP contribution in [0.2, 0.25) is 0 Å². The number of piperazine rings is 1. The lowest BCUT2D eigenvalue weighted by atomic mass is 10.2. The van der Waals surface area contributed by atoms with E-state index in [1.54, 1.807) is 7.11 Å². The van der Waals surface area contributed by atoms with E-state index in [0.717, 1.165) is 45.2 Å². The number of hydrogen-bond acceptors (Lipinski definition) is 4. The molecule has 1 saturated heterocycles. The summed E-state index contributed by atoms with van der Waals surface area (Å²) in [5.41, 5.74) is 1.25. The van der Waals surface area contributed by atoms with Crippen LogP contribution < -0.4 is 5.32 Å². The Kier molecular flexibility index (Phi) is 9.79. The van der Waals surface area contributed by atoms with Crippen molar-refractivity contribution in [3.8, 4) is 0 Å². The zero-order valence-corrected chi connectivity index (χ0v) is 16.1. The van der Waals surface area contributed by atoms with Crippen LogP contribution in [0.4, 0.5) is 0 Å². The molecule has 1 aliphatic heterocycles. The summed E-state index contributed by atoms with van der Waals surface area (Å²) < 4.78 is 10.4. The summed E-state index contributed by atoms with van der Waals surface area (Å²) in [6.07, 6.45) is 4.44. The Morgan fingerprint density at radius 2 is 1.88 bits per heavy atom. The van der Waals surface area contributed by atoms with Gasteiger partial charge < -0.3 is 19.7 Å². The predicted molar refractivity (Wildman–Crippen MR) is 108 cm³/mol. The number of guanidine groups is 1. The van der Waals surface area contributed by atoms with Crippen molar-refractivity contribution in [1.82, 2.24) is 15.1 Å². The van der Waals surface area contributed by atoms with Gasteiger partial charge in [0.05, 0.1) is 19.8 Å². The fraction of sp³-hybridized carbons (Fsp3) is 0.550. The van der Waals surface area contributed by atoms with Crippen molar-refractivity contribution in [3.63, 3.8) is 0 Å². The van der Waals surface area contributed by atoms with E-state index in [-0.39, 0.29) is 0 Å². The molecular weight excluding hydrogens is 328 g/mol. The van der Waals surface area contributed by atoms with Crippen LogP contribution in [-0.2, 0) is 9.47 Å². The fourth-order valence-corrected chi connectivity index (χ4v) is 2.86. The fourth-order valence-electron chi connectivity index (χ4n) is 2.86. The van der Waals surface area contributed by atoms with Crippen molar-refractivity contribution in [3.05, 3.63) is 42.0 Å². The van der Waals surface area contributed by atoms with Gasteiger partial charge in [0, 0.05) is 53.4 Å². The third kappa shape index (κ3) is 7.56. The van der Waals surface area contributed by atoms with Crippen LogP contribution in [0.1, 0.15) is 5.56 Å². The Hall–Kier alpha value is -1.89. The third-order valence-electron chi connectivity index (χ3n) is 4.32. The highest BCUT2D eigenvalue weighted by atomic mass is 16.5. The number of aliphatic imine (C=N–C) groups is 1. The molecule has 1 aromatic rings. The second-order valence-corrected chi connectivity index (χ2v) is 6.18. The zero-order chi connectivity index (χ0) is 18.5. The second-order valence-electron chi connectivity index (χ2n) is 6.18. The van der Waals surface area contributed by atoms with Crippen LogP contribution in [0.15, 0.2) is 41.4 Å². The Balaban J connectivity index is 1.64. The lowest BCUT2D eigenvalue weighted by molar-refractivity contribution is 0.0730. The molecule has 1 N–H and O–H groups in total. The molecule has 0 aromatic heterocycles. The van der Waals surface area contributed by atoms with Crippen molar-refractivity contribution in [2.75, 3.05) is 73.2 Å². The number of rotatable bonds is 9. The SMILES string of the molecule is CN=C(NCCOCCOC)N1CCN(C/C=C/c2ccccc2)CC1. The van der Waals surface area contributed by atoms with E-state index in [4.69, 9.17) is 9.47 Å². The number of ether oxygens (including phenoxy) is 2. The van der Waals surface area contributed by atoms with Crippen LogP contribution in [0, 0.1) is 0 Å². The molecule has 1 heterocycles. The molecule has 1 aliphatic rings. The number of hydrogen-bond donors (Lipinski definition) is 1. The van der Waals surface area contributed by atoms with Crippen molar-refractivity contribution in [2.24, 2.45) is 4.99 Å². The van der Waals surface area contributed by atoms with Gasteiger partial charge in [-0.2, -0.15) is 0 Å². The molecular formula is C20H32N4O2. The second kappa shape index (κ2) is 12.5. The molecule has 0 aliphatic carbocycles. The van der Waals surface area contributed by atoms with Gasteiger partial charge in [-0.05, 0) is 5.56 Å². The van der Waals surface area contributed by atoms with Gasteiger partial charge in [0.2, 0.25) is 0 Å². The standard InChI is InChI=1S/C20H32N4O2/c1-21-20(22-10-16-26-18-17-25-2)24-14-12-23(13-15-24)11-6-9-19-7-4-3-5-8-19/h3-9H,10-18H2,1-2H3,(H,21,22)/b9-6+. The lowest BCUT2D eigenvalue weighted by Gasteiger charge is -2.36. The summed E-state index contributed by atoms with van der Waals surface area (Å²) in [5.74, 6) is 0.958. The molecule has 6 heteroatoms. The normalized spacial score (nSPS) is 16.4. The Labute approximate surface area is 157 Å². The summed E-state index contributed by atoms with van der Waals surface area (Å²) in [5, 5.41) is 3.37. The number of nitrogens with one attached hydrogen (secondary N) is 1. The molecule has 26 heavy (non-hydrogen) atoms. The van der Waals surface area contributed by atoms with Gasteiger partial charge >= 0.3 is 0 Å². The maximum Gasteiger partial charge on any atom is 0.193 e. The van der Waals surface area contributed by atoms with Crippen LogP contribution in [0.5, 0.6) is 0 Å². The number of benzene rings is 1. The van der Waals surface area contributed by atoms with Gasteiger partial charge in [-0.15, -0.1) is 0 Å². The summed E-state index contributed by atoms with van der Waals surface area (Å²) in [7, 11) is 3.52. The summed E-state index contributed by atoms with van der Waals surface area (Å²) >= 11 is 0. The van der Waals surface area contributed by atoms with Gasteiger partial charge in [0.25, 0.3) is 0 Å². The van der Waals surface area contributed by atoms with Gasteiger partial charge in [-0.3, -0.25) is 9.89 Å². The van der Waals surface area contributed by atoms with Gasteiger partial charge in [0.1, 0.15) is 0 Å². The van der Waals surface area contributed by atoms with Crippen LogP contribution >= 0.6 is 0 Å². The van der Waals surface area contributed by atoms with Crippen LogP contribution in [0.3, 0.4) is 0 Å². The Bertz CT molecular complexity index is 540. The highest BCUT2D eigenvalue weighted by molar-refractivity contribution is 5.80. The maximum atomic E-state index is 5.48. The minimum Gasteiger partial charge on any atom is -0.382 e. The molecule has 1 aromatic carbocycles. The van der Waals surface area contributed by atoms with Gasteiger partial charge in [0.15, 0.2) is 5.96 Å². The smallest absolute Gasteiger partial charge is 0.193 e. The molecule has 0 unspecified atom stereocenters. The average molecular weight is 361 g/mol. The zero-order valence-electron chi connectivity index (χ0n) is 16.1. The molecule has 2 rings (SSSR count). The molecule has 0 bridgehead atoms. The molecule has 0 radical (unpaired) electrons. The summed E-state index contributed by atoms with van der Waals surface area (Å²) in [4.78, 5) is 9.17. The van der Waals surface area contributed by atoms with Crippen molar-refractivity contribution in [1.29, 1.82) is 0 Å². The van der Waals surface area contributed by atoms with Gasteiger partial charge in [-0.1, -0.05) is 42.5 Å². The van der Waals surface area contributed by atoms with E-state index >= 15 is 0 Å². The van der Waals surface area contributed by atoms with E-state index < -0.39 is 0 Å². The van der Waals surface area contributed by atoms with Crippen molar-refractivity contribution < 1.29 is 9.47 Å². The molecule has 0 saturated carbocycles. The Morgan fingerprint density at radius 3 is 2.58 bits per heavy atom. The first-order valence-corrected chi connectivity index (χ1v) is 9.29. The van der Waals surface area contributed by atoms with Crippen LogP contribution in [-0.4, -0.2) is 89.0 Å². The number of nitrogens with zero attached hydrogens (tertiary/aromatic N) is 3. The van der Waals surface area contributed by atoms with Gasteiger partial charge in [-0.25, -0.2) is 0 Å². The molecule has 144 valence electrons. The highest BCUT2D eigenvalue weighted by Gasteiger charge is 2.18. The van der Waals surface area contributed by atoms with Crippen molar-refractivity contribution >= 4 is 12.0 Å². The Morgan fingerprint density at radius 1 is 1.12 bits per heavy atom. The average Bonchev–Trinajstić information content (AvgIpc) is 2.69. The topological polar surface area (TPSA) is 49.3 Å². The first kappa shape index (κ1) is 20.4. The molecule has 1 fully saturated rings. The lowest BCUT2D eigenvalue weighted by Crippen LogP contribution is -2.52. The highest BCUT2D eigenvalue weighted by Crippen LogP contribution is 2.05. The maximum absolute atomic E-state index is 5.48. The minimum atomic E-state index is 0.631. The predicted octanol–water partition coefficient (Wildman–Crippen LogP) is 1.56. The van der Waals surface area contributed by atoms with E-state index in [0.29, 0.717) is 19.8 Å². The van der Waals surface area contributed by atoms with Crippen LogP contribution in [0.25, 0.3) is 6.08 Å². The monoisotopic (exact) mass is 360 g/mol. The first-order chi connectivity index (χ1) is 12.8. The third-order valence-corrected chi connectivity index (χ3v) is 4.32. The molecule has 6 nitrogen and oxygen atoms in total. The molecule has 0 spiro atoms. The quantitative estimate of drug-likeness (QED) is 0.411. The first-order valence-electron chi connectivity index (χ1n) is 9.29. The minimum absolute atomic E-state index is 0.631. The van der Waals surface area contributed by atoms with E-state index in [2.05, 4.69) is 56.5 Å². The molecule has 0 atom stereocenters. The molecule has 0 amide bonds. The number of methoxy groups -OCH3 is 1. The van der Waals surface area contributed by atoms with E-state index in [9.17, 15) is 0 Å².